The minimum Gasteiger partial charge on any atom is -0.507 e. The van der Waals surface area contributed by atoms with Crippen LogP contribution in [0.4, 0.5) is 0 Å². The minimum absolute atomic E-state index is 0.0464. The number of carboxylic acids is 1. The lowest BCUT2D eigenvalue weighted by molar-refractivity contribution is -0.249. The summed E-state index contributed by atoms with van der Waals surface area (Å²) in [6.45, 7) is 9.51. The van der Waals surface area contributed by atoms with Gasteiger partial charge in [0.25, 0.3) is 0 Å². The monoisotopic (exact) mass is 924 g/mol. The summed E-state index contributed by atoms with van der Waals surface area (Å²) < 4.78 is 17.6. The number of carboxylic acid groups (broad SMARTS) is 1. The lowest BCUT2D eigenvalue weighted by atomic mass is 9.72. The van der Waals surface area contributed by atoms with Crippen LogP contribution in [0.3, 0.4) is 0 Å². The van der Waals surface area contributed by atoms with Crippen LogP contribution in [0.25, 0.3) is 0 Å². The van der Waals surface area contributed by atoms with Crippen LogP contribution in [0.5, 0.6) is 17.2 Å². The molecule has 0 saturated carbocycles. The minimum atomic E-state index is -2.18. The zero-order valence-electron chi connectivity index (χ0n) is 38.0. The topological polar surface area (TPSA) is 314 Å². The molecule has 2 aromatic carbocycles. The highest BCUT2D eigenvalue weighted by molar-refractivity contribution is 6.31. The van der Waals surface area contributed by atoms with Gasteiger partial charge in [0.2, 0.25) is 29.4 Å². The predicted octanol–water partition coefficient (Wildman–Crippen LogP) is 1.76. The third-order valence-corrected chi connectivity index (χ3v) is 12.2. The van der Waals surface area contributed by atoms with Gasteiger partial charge in [0, 0.05) is 42.4 Å². The second-order valence-electron chi connectivity index (χ2n) is 17.7. The predicted molar refractivity (Wildman–Crippen MR) is 232 cm³/mol. The highest BCUT2D eigenvalue weighted by atomic mass is 16.7. The molecule has 2 aliphatic carbocycles. The standard InChI is InChI=1S/C46H60N4O16/c1-8-9-12-26(48-31(52)14-15-32(53)54)44(61)47-21(4)43(60)50-28(16-20(2)3)45(62)49-27-17-33(65-22(5)38(27)55)66-30-19-46(63,23(6)51)18-25-35(30)42(59)37-36(40(25)57)39(56)24-11-10-13-29(64-7)34(24)41(37)58/h10-11,13,20-22,26-28,30,33,38,55,57,59,63H,8-9,12,14-19H2,1-7H3,(H,47,61)(H,48,52)(H,49,62)(H,50,60)(H,53,54)/t21-,22-,26-,27-,28-,30-,33-,38+,46-/m0/s1. The molecule has 4 amide bonds. The molecule has 3 aliphatic rings. The number of phenols is 2. The van der Waals surface area contributed by atoms with Gasteiger partial charge in [0.1, 0.15) is 47.1 Å². The first kappa shape index (κ1) is 51.0. The molecule has 2 aromatic rings. The van der Waals surface area contributed by atoms with Crippen molar-refractivity contribution in [3.63, 3.8) is 0 Å². The Morgan fingerprint density at radius 2 is 1.59 bits per heavy atom. The molecule has 9 N–H and O–H groups in total. The first-order valence-electron chi connectivity index (χ1n) is 22.0. The molecule has 0 radical (unpaired) electrons. The number of amides is 4. The molecule has 1 saturated heterocycles. The smallest absolute Gasteiger partial charge is 0.303 e. The van der Waals surface area contributed by atoms with E-state index in [0.29, 0.717) is 12.8 Å². The molecular weight excluding hydrogens is 865 g/mol. The summed E-state index contributed by atoms with van der Waals surface area (Å²) in [5, 5.41) is 65.9. The average Bonchev–Trinajstić information content (AvgIpc) is 3.25. The largest absolute Gasteiger partial charge is 0.507 e. The highest BCUT2D eigenvalue weighted by Gasteiger charge is 2.50. The number of carbonyl (C=O) groups excluding carboxylic acids is 7. The van der Waals surface area contributed by atoms with Gasteiger partial charge in [-0.15, -0.1) is 0 Å². The number of Topliss-reactive ketones (excluding diaryl/α,β-unsaturated/α-hetero) is 1. The maximum absolute atomic E-state index is 14.0. The number of benzene rings is 2. The Kier molecular flexibility index (Phi) is 16.3. The second-order valence-corrected chi connectivity index (χ2v) is 17.7. The number of unbranched alkanes of at least 4 members (excludes halogenated alkanes) is 1. The number of ether oxygens (including phenoxy) is 3. The van der Waals surface area contributed by atoms with Crippen LogP contribution in [-0.4, -0.2) is 128 Å². The quantitative estimate of drug-likeness (QED) is 0.0774. The Hall–Kier alpha value is -5.96. The van der Waals surface area contributed by atoms with E-state index in [4.69, 9.17) is 19.3 Å². The molecule has 0 spiro atoms. The van der Waals surface area contributed by atoms with Gasteiger partial charge in [0.15, 0.2) is 17.9 Å². The van der Waals surface area contributed by atoms with E-state index in [0.717, 1.165) is 6.92 Å². The van der Waals surface area contributed by atoms with Crippen LogP contribution in [0.1, 0.15) is 142 Å². The van der Waals surface area contributed by atoms with Crippen molar-refractivity contribution in [2.24, 2.45) is 5.92 Å². The lowest BCUT2D eigenvalue weighted by Crippen LogP contribution is -2.60. The number of aliphatic hydroxyl groups excluding tert-OH is 1. The van der Waals surface area contributed by atoms with E-state index in [2.05, 4.69) is 21.3 Å². The second kappa shape index (κ2) is 21.1. The maximum atomic E-state index is 14.0. The number of phenolic OH excluding ortho intramolecular Hbond substituents is 2. The molecule has 0 aromatic heterocycles. The number of carbonyl (C=O) groups is 8. The molecule has 0 unspecified atom stereocenters. The lowest BCUT2D eigenvalue weighted by Gasteiger charge is -2.43. The van der Waals surface area contributed by atoms with Gasteiger partial charge in [-0.1, -0.05) is 45.7 Å². The SMILES string of the molecule is CCCC[C@H](NC(=O)CCC(=O)O)C(=O)N[C@@H](C)C(=O)N[C@@H](CC(C)C)C(=O)N[C@H]1C[C@H](O[C@H]2C[C@](O)(C(C)=O)Cc3c(O)c4c(c(O)c32)C(=O)c2c(OC)cccc2C4=O)O[C@@H](C)[C@H]1O. The first-order chi connectivity index (χ1) is 31.0. The molecule has 9 atom stereocenters. The highest BCUT2D eigenvalue weighted by Crippen LogP contribution is 2.52. The average molecular weight is 925 g/mol. The number of rotatable bonds is 19. The van der Waals surface area contributed by atoms with Gasteiger partial charge in [-0.25, -0.2) is 0 Å². The van der Waals surface area contributed by atoms with E-state index in [1.165, 1.54) is 39.2 Å². The number of nitrogens with one attached hydrogen (secondary N) is 4. The maximum Gasteiger partial charge on any atom is 0.303 e. The third-order valence-electron chi connectivity index (χ3n) is 12.2. The number of fused-ring (bicyclic) bond motifs is 3. The van der Waals surface area contributed by atoms with Gasteiger partial charge in [-0.05, 0) is 45.6 Å². The van der Waals surface area contributed by atoms with Crippen molar-refractivity contribution >= 4 is 46.9 Å². The van der Waals surface area contributed by atoms with Gasteiger partial charge < -0.3 is 61.0 Å². The summed E-state index contributed by atoms with van der Waals surface area (Å²) in [4.78, 5) is 105. The van der Waals surface area contributed by atoms with Crippen LogP contribution < -0.4 is 26.0 Å². The Balaban J connectivity index is 1.36. The van der Waals surface area contributed by atoms with Crippen LogP contribution >= 0.6 is 0 Å². The number of aliphatic carboxylic acids is 1. The number of aromatic hydroxyl groups is 2. The zero-order valence-corrected chi connectivity index (χ0v) is 38.0. The van der Waals surface area contributed by atoms with E-state index >= 15 is 0 Å². The van der Waals surface area contributed by atoms with Crippen molar-refractivity contribution in [1.82, 2.24) is 21.3 Å². The molecule has 1 heterocycles. The van der Waals surface area contributed by atoms with Gasteiger partial charge in [-0.2, -0.15) is 0 Å². The molecule has 5 rings (SSSR count). The fourth-order valence-corrected chi connectivity index (χ4v) is 8.59. The van der Waals surface area contributed by atoms with Crippen LogP contribution in [0, 0.1) is 5.92 Å². The zero-order chi connectivity index (χ0) is 48.9. The Bertz CT molecular complexity index is 2260. The third kappa shape index (κ3) is 11.0. The first-order valence-corrected chi connectivity index (χ1v) is 22.0. The number of aliphatic hydroxyl groups is 2. The molecule has 0 bridgehead atoms. The van der Waals surface area contributed by atoms with Crippen molar-refractivity contribution in [1.29, 1.82) is 0 Å². The van der Waals surface area contributed by atoms with E-state index in [9.17, 15) is 58.8 Å². The fraction of sp³-hybridized carbons (Fsp3) is 0.565. The Labute approximate surface area is 381 Å². The van der Waals surface area contributed by atoms with Crippen LogP contribution in [0.2, 0.25) is 0 Å². The van der Waals surface area contributed by atoms with E-state index < -0.39 is 143 Å². The van der Waals surface area contributed by atoms with Crippen molar-refractivity contribution in [3.8, 4) is 17.2 Å². The van der Waals surface area contributed by atoms with Crippen LogP contribution in [0.15, 0.2) is 18.2 Å². The van der Waals surface area contributed by atoms with Crippen molar-refractivity contribution in [2.45, 2.75) is 154 Å². The van der Waals surface area contributed by atoms with Crippen molar-refractivity contribution in [3.05, 3.63) is 51.6 Å². The summed E-state index contributed by atoms with van der Waals surface area (Å²) in [6.07, 6.45) is -5.62. The Morgan fingerprint density at radius 3 is 2.21 bits per heavy atom. The molecule has 66 heavy (non-hydrogen) atoms. The summed E-state index contributed by atoms with van der Waals surface area (Å²) >= 11 is 0. The summed E-state index contributed by atoms with van der Waals surface area (Å²) in [6, 6.07) is -0.209. The molecule has 20 heteroatoms. The number of hydrogen-bond donors (Lipinski definition) is 9. The summed E-state index contributed by atoms with van der Waals surface area (Å²) in [5.41, 5.74) is -3.86. The van der Waals surface area contributed by atoms with Gasteiger partial charge in [-0.3, -0.25) is 38.4 Å². The normalized spacial score (nSPS) is 23.6. The van der Waals surface area contributed by atoms with Gasteiger partial charge in [0.05, 0.1) is 48.5 Å². The number of methoxy groups -OCH3 is 1. The molecule has 1 fully saturated rings. The van der Waals surface area contributed by atoms with E-state index in [1.807, 2.05) is 20.8 Å². The van der Waals surface area contributed by atoms with Crippen molar-refractivity contribution in [2.75, 3.05) is 7.11 Å². The molecule has 360 valence electrons. The summed E-state index contributed by atoms with van der Waals surface area (Å²) in [7, 11) is 1.30. The number of ketones is 3. The molecular formula is C46H60N4O16. The Morgan fingerprint density at radius 1 is 0.909 bits per heavy atom. The summed E-state index contributed by atoms with van der Waals surface area (Å²) in [5.74, 6) is -7.87. The van der Waals surface area contributed by atoms with E-state index in [1.54, 1.807) is 0 Å². The fourth-order valence-electron chi connectivity index (χ4n) is 8.59. The van der Waals surface area contributed by atoms with Gasteiger partial charge >= 0.3 is 5.97 Å². The molecule has 20 nitrogen and oxygen atoms in total. The van der Waals surface area contributed by atoms with Crippen LogP contribution in [-0.2, 0) is 44.7 Å². The van der Waals surface area contributed by atoms with E-state index in [-0.39, 0.29) is 59.6 Å². The number of hydrogen-bond acceptors (Lipinski definition) is 15. The molecule has 1 aliphatic heterocycles. The van der Waals surface area contributed by atoms with Crippen molar-refractivity contribution < 1.29 is 78.1 Å².